The molecule has 0 saturated carbocycles. The number of hydrogen-bond donors (Lipinski definition) is 3. The number of carbonyl (C=O) groups is 1. The summed E-state index contributed by atoms with van der Waals surface area (Å²) in [6.45, 7) is 3.70. The van der Waals surface area contributed by atoms with Gasteiger partial charge in [0.2, 0.25) is 0 Å². The maximum atomic E-state index is 13.7. The Morgan fingerprint density at radius 1 is 1.15 bits per heavy atom. The Kier molecular flexibility index (Phi) is 6.66. The summed E-state index contributed by atoms with van der Waals surface area (Å²) in [6.07, 6.45) is -4.82. The lowest BCUT2D eigenvalue weighted by molar-refractivity contribution is -0.138. The molecule has 3 aromatic rings. The number of hydrogen-bond acceptors (Lipinski definition) is 9. The third kappa shape index (κ3) is 5.09. The van der Waals surface area contributed by atoms with Crippen LogP contribution in [0, 0.1) is 6.92 Å². The van der Waals surface area contributed by atoms with Crippen molar-refractivity contribution in [3.05, 3.63) is 46.9 Å². The van der Waals surface area contributed by atoms with Crippen LogP contribution in [0.1, 0.15) is 27.4 Å². The molecule has 1 aliphatic heterocycles. The van der Waals surface area contributed by atoms with Crippen LogP contribution in [0.25, 0.3) is 0 Å². The summed E-state index contributed by atoms with van der Waals surface area (Å²) >= 11 is 0.875. The lowest BCUT2D eigenvalue weighted by Gasteiger charge is -2.33. The fourth-order valence-corrected chi connectivity index (χ4v) is 4.06. The van der Waals surface area contributed by atoms with E-state index in [2.05, 4.69) is 19.4 Å². The summed E-state index contributed by atoms with van der Waals surface area (Å²) in [5, 5.41) is 16.6. The fourth-order valence-electron chi connectivity index (χ4n) is 3.58. The van der Waals surface area contributed by atoms with Crippen molar-refractivity contribution in [2.24, 2.45) is 0 Å². The Morgan fingerprint density at radius 3 is 2.50 bits per heavy atom. The van der Waals surface area contributed by atoms with Crippen molar-refractivity contribution < 1.29 is 27.5 Å². The number of phenolic OH excluding ortho intramolecular Hbond substituents is 1. The van der Waals surface area contributed by atoms with Gasteiger partial charge in [0.25, 0.3) is 5.91 Å². The SMILES string of the molecule is Cc1ccc(CNc2nsnc2Nc2ccc(C(F)(F)F)c(C(=O)N3CCN(C)CC3)c2O)o1. The molecule has 0 unspecified atom stereocenters. The number of rotatable bonds is 6. The number of halogens is 3. The molecule has 13 heteroatoms. The molecule has 0 atom stereocenters. The van der Waals surface area contributed by atoms with E-state index in [0.29, 0.717) is 31.2 Å². The summed E-state index contributed by atoms with van der Waals surface area (Å²) in [6, 6.07) is 5.46. The number of alkyl halides is 3. The standard InChI is InChI=1S/C21H23F3N6O3S/c1-12-3-4-13(33-12)11-25-18-19(28-34-27-18)26-15-6-5-14(21(22,23)24)16(17(15)31)20(32)30-9-7-29(2)8-10-30/h3-6,31H,7-11H2,1-2H3,(H,25,27)(H,26,28). The normalized spacial score (nSPS) is 14.9. The van der Waals surface area contributed by atoms with Crippen LogP contribution in [0.4, 0.5) is 30.5 Å². The number of furan rings is 1. The van der Waals surface area contributed by atoms with E-state index in [1.807, 2.05) is 24.9 Å². The van der Waals surface area contributed by atoms with Crippen molar-refractivity contribution in [1.82, 2.24) is 18.5 Å². The molecule has 9 nitrogen and oxygen atoms in total. The highest BCUT2D eigenvalue weighted by molar-refractivity contribution is 6.99. The highest BCUT2D eigenvalue weighted by Crippen LogP contribution is 2.41. The van der Waals surface area contributed by atoms with Gasteiger partial charge in [-0.25, -0.2) is 0 Å². The molecule has 1 saturated heterocycles. The van der Waals surface area contributed by atoms with Gasteiger partial charge in [-0.1, -0.05) is 0 Å². The summed E-state index contributed by atoms with van der Waals surface area (Å²) in [7, 11) is 1.87. The van der Waals surface area contributed by atoms with Crippen molar-refractivity contribution in [1.29, 1.82) is 0 Å². The number of nitrogens with one attached hydrogen (secondary N) is 2. The minimum Gasteiger partial charge on any atom is -0.505 e. The van der Waals surface area contributed by atoms with Crippen molar-refractivity contribution in [2.75, 3.05) is 43.9 Å². The summed E-state index contributed by atoms with van der Waals surface area (Å²) in [4.78, 5) is 16.3. The van der Waals surface area contributed by atoms with Crippen LogP contribution in [-0.4, -0.2) is 62.8 Å². The third-order valence-corrected chi connectivity index (χ3v) is 5.98. The molecule has 34 heavy (non-hydrogen) atoms. The van der Waals surface area contributed by atoms with E-state index in [4.69, 9.17) is 4.42 Å². The number of carbonyl (C=O) groups excluding carboxylic acids is 1. The first-order chi connectivity index (χ1) is 16.1. The van der Waals surface area contributed by atoms with Crippen LogP contribution in [0.5, 0.6) is 5.75 Å². The molecule has 0 bridgehead atoms. The predicted octanol–water partition coefficient (Wildman–Crippen LogP) is 3.91. The number of piperazine rings is 1. The second kappa shape index (κ2) is 9.50. The molecule has 4 rings (SSSR count). The Balaban J connectivity index is 1.60. The van der Waals surface area contributed by atoms with Gasteiger partial charge in [-0.3, -0.25) is 4.79 Å². The van der Waals surface area contributed by atoms with Crippen molar-refractivity contribution in [3.8, 4) is 5.75 Å². The Labute approximate surface area is 197 Å². The highest BCUT2D eigenvalue weighted by atomic mass is 32.1. The number of aromatic nitrogens is 2. The molecule has 0 aliphatic carbocycles. The van der Waals surface area contributed by atoms with Crippen LogP contribution < -0.4 is 10.6 Å². The number of aromatic hydroxyl groups is 1. The number of nitrogens with zero attached hydrogens (tertiary/aromatic N) is 4. The van der Waals surface area contributed by atoms with Gasteiger partial charge < -0.3 is 30.0 Å². The minimum absolute atomic E-state index is 0.0879. The van der Waals surface area contributed by atoms with E-state index in [0.717, 1.165) is 29.6 Å². The number of phenols is 1. The molecule has 1 aliphatic rings. The second-order valence-corrected chi connectivity index (χ2v) is 8.46. The van der Waals surface area contributed by atoms with Crippen LogP contribution >= 0.6 is 11.7 Å². The number of aryl methyl sites for hydroxylation is 1. The second-order valence-electron chi connectivity index (χ2n) is 7.93. The number of amides is 1. The Bertz CT molecular complexity index is 1170. The topological polar surface area (TPSA) is 107 Å². The van der Waals surface area contributed by atoms with Gasteiger partial charge in [-0.15, -0.1) is 0 Å². The molecule has 1 fully saturated rings. The smallest absolute Gasteiger partial charge is 0.417 e. The van der Waals surface area contributed by atoms with Crippen molar-refractivity contribution in [3.63, 3.8) is 0 Å². The van der Waals surface area contributed by atoms with Crippen molar-refractivity contribution in [2.45, 2.75) is 19.6 Å². The number of benzene rings is 1. The van der Waals surface area contributed by atoms with Gasteiger partial charge in [-0.05, 0) is 38.2 Å². The molecule has 1 amide bonds. The zero-order valence-electron chi connectivity index (χ0n) is 18.4. The Hall–Kier alpha value is -3.32. The zero-order chi connectivity index (χ0) is 24.5. The fraction of sp³-hybridized carbons (Fsp3) is 0.381. The molecular formula is C21H23F3N6O3S. The van der Waals surface area contributed by atoms with E-state index in [1.54, 1.807) is 6.07 Å². The molecule has 3 heterocycles. The maximum absolute atomic E-state index is 13.7. The lowest BCUT2D eigenvalue weighted by atomic mass is 10.0. The maximum Gasteiger partial charge on any atom is 0.417 e. The Morgan fingerprint density at radius 2 is 1.85 bits per heavy atom. The average Bonchev–Trinajstić information content (AvgIpc) is 3.41. The zero-order valence-corrected chi connectivity index (χ0v) is 19.3. The van der Waals surface area contributed by atoms with E-state index in [9.17, 15) is 23.1 Å². The monoisotopic (exact) mass is 496 g/mol. The first-order valence-corrected chi connectivity index (χ1v) is 11.2. The molecule has 0 spiro atoms. The van der Waals surface area contributed by atoms with Gasteiger partial charge in [0, 0.05) is 26.2 Å². The van der Waals surface area contributed by atoms with Crippen molar-refractivity contribution >= 4 is 35.0 Å². The van der Waals surface area contributed by atoms with E-state index in [-0.39, 0.29) is 24.6 Å². The first kappa shape index (κ1) is 23.8. The predicted molar refractivity (Wildman–Crippen MR) is 120 cm³/mol. The van der Waals surface area contributed by atoms with Gasteiger partial charge in [-0.2, -0.15) is 21.9 Å². The number of anilines is 3. The molecule has 0 radical (unpaired) electrons. The van der Waals surface area contributed by atoms with Crippen LogP contribution in [0.2, 0.25) is 0 Å². The highest BCUT2D eigenvalue weighted by Gasteiger charge is 2.39. The van der Waals surface area contributed by atoms with Crippen LogP contribution in [-0.2, 0) is 12.7 Å². The first-order valence-electron chi connectivity index (χ1n) is 10.4. The molecule has 2 aromatic heterocycles. The average molecular weight is 497 g/mol. The van der Waals surface area contributed by atoms with Gasteiger partial charge in [0.05, 0.1) is 35.1 Å². The number of likely N-dealkylation sites (N-methyl/N-ethyl adjacent to an activating group) is 1. The summed E-state index contributed by atoms with van der Waals surface area (Å²) in [5.41, 5.74) is -2.07. The largest absolute Gasteiger partial charge is 0.505 e. The summed E-state index contributed by atoms with van der Waals surface area (Å²) < 4.78 is 54.8. The van der Waals surface area contributed by atoms with Gasteiger partial charge in [0.15, 0.2) is 17.4 Å². The summed E-state index contributed by atoms with van der Waals surface area (Å²) in [5.74, 6) is 0.267. The van der Waals surface area contributed by atoms with Gasteiger partial charge >= 0.3 is 6.18 Å². The van der Waals surface area contributed by atoms with E-state index >= 15 is 0 Å². The minimum atomic E-state index is -4.82. The molecule has 182 valence electrons. The molecule has 1 aromatic carbocycles. The van der Waals surface area contributed by atoms with Crippen LogP contribution in [0.15, 0.2) is 28.7 Å². The lowest BCUT2D eigenvalue weighted by Crippen LogP contribution is -2.47. The van der Waals surface area contributed by atoms with E-state index < -0.39 is 29.0 Å². The van der Waals surface area contributed by atoms with Crippen LogP contribution in [0.3, 0.4) is 0 Å². The van der Waals surface area contributed by atoms with Gasteiger partial charge in [0.1, 0.15) is 11.5 Å². The molecular weight excluding hydrogens is 473 g/mol. The molecule has 3 N–H and O–H groups in total. The quantitative estimate of drug-likeness (QED) is 0.441. The third-order valence-electron chi connectivity index (χ3n) is 5.46. The van der Waals surface area contributed by atoms with E-state index in [1.165, 1.54) is 4.90 Å².